The van der Waals surface area contributed by atoms with E-state index in [4.69, 9.17) is 10.3 Å². The molecule has 1 aromatic heterocycles. The van der Waals surface area contributed by atoms with E-state index in [9.17, 15) is 18.0 Å². The fourth-order valence-corrected chi connectivity index (χ4v) is 5.13. The Morgan fingerprint density at radius 1 is 1.16 bits per heavy atom. The van der Waals surface area contributed by atoms with Crippen molar-refractivity contribution in [3.05, 3.63) is 81.5 Å². The second-order valence-electron chi connectivity index (χ2n) is 7.36. The number of amides is 1. The van der Waals surface area contributed by atoms with Gasteiger partial charge < -0.3 is 5.73 Å². The van der Waals surface area contributed by atoms with E-state index < -0.39 is 21.4 Å². The van der Waals surface area contributed by atoms with Crippen molar-refractivity contribution in [3.63, 3.8) is 0 Å². The van der Waals surface area contributed by atoms with Gasteiger partial charge in [-0.05, 0) is 39.8 Å². The van der Waals surface area contributed by atoms with Crippen LogP contribution in [-0.2, 0) is 26.2 Å². The van der Waals surface area contributed by atoms with Crippen LogP contribution < -0.4 is 5.73 Å². The van der Waals surface area contributed by atoms with Crippen LogP contribution >= 0.6 is 11.3 Å². The van der Waals surface area contributed by atoms with Crippen LogP contribution in [0.2, 0.25) is 0 Å². The van der Waals surface area contributed by atoms with Crippen molar-refractivity contribution >= 4 is 39.6 Å². The van der Waals surface area contributed by atoms with E-state index >= 15 is 0 Å². The number of guanidine groups is 1. The molecule has 0 bridgehead atoms. The van der Waals surface area contributed by atoms with Gasteiger partial charge in [0.2, 0.25) is 0 Å². The molecule has 2 aromatic carbocycles. The van der Waals surface area contributed by atoms with E-state index in [0.29, 0.717) is 21.6 Å². The molecule has 32 heavy (non-hydrogen) atoms. The summed E-state index contributed by atoms with van der Waals surface area (Å²) in [5.41, 5.74) is 7.46. The van der Waals surface area contributed by atoms with Gasteiger partial charge in [0.15, 0.2) is 17.8 Å². The summed E-state index contributed by atoms with van der Waals surface area (Å²) in [6, 6.07) is 15.3. The van der Waals surface area contributed by atoms with Crippen LogP contribution in [0.25, 0.3) is 11.1 Å². The van der Waals surface area contributed by atoms with Crippen LogP contribution in [0.1, 0.15) is 26.4 Å². The first-order valence-electron chi connectivity index (χ1n) is 9.47. The van der Waals surface area contributed by atoms with Gasteiger partial charge in [0.25, 0.3) is 16.0 Å². The van der Waals surface area contributed by atoms with Gasteiger partial charge in [-0.1, -0.05) is 42.5 Å². The molecule has 3 N–H and O–H groups in total. The number of benzene rings is 2. The second kappa shape index (κ2) is 7.97. The summed E-state index contributed by atoms with van der Waals surface area (Å²) >= 11 is 1.33. The van der Waals surface area contributed by atoms with Crippen molar-refractivity contribution in [3.8, 4) is 11.1 Å². The molecule has 0 spiro atoms. The number of carbonyl (C=O) groups excluding carboxylic acids is 2. The Kier molecular flexibility index (Phi) is 5.45. The minimum absolute atomic E-state index is 0.0477. The fourth-order valence-electron chi connectivity index (χ4n) is 3.80. The first-order chi connectivity index (χ1) is 15.2. The number of nitrogens with two attached hydrogens (primary N) is 1. The zero-order chi connectivity index (χ0) is 23.1. The Morgan fingerprint density at radius 2 is 1.88 bits per heavy atom. The summed E-state index contributed by atoms with van der Waals surface area (Å²) in [5, 5.41) is 1.82. The predicted octanol–water partition coefficient (Wildman–Crippen LogP) is 2.65. The van der Waals surface area contributed by atoms with Crippen LogP contribution in [0.15, 0.2) is 65.0 Å². The van der Waals surface area contributed by atoms with Crippen molar-refractivity contribution in [1.29, 1.82) is 0 Å². The van der Waals surface area contributed by atoms with E-state index in [2.05, 4.69) is 4.99 Å². The molecule has 1 amide bonds. The number of likely N-dealkylation sites (N-methyl/N-ethyl adjacent to an activating group) is 1. The van der Waals surface area contributed by atoms with Crippen LogP contribution in [0.3, 0.4) is 0 Å². The molecule has 1 aliphatic heterocycles. The molecule has 164 valence electrons. The third-order valence-corrected chi connectivity index (χ3v) is 6.89. The van der Waals surface area contributed by atoms with Gasteiger partial charge in [-0.25, -0.2) is 4.99 Å². The zero-order valence-corrected chi connectivity index (χ0v) is 18.6. The maximum atomic E-state index is 13.4. The lowest BCUT2D eigenvalue weighted by Crippen LogP contribution is -2.41. The van der Waals surface area contributed by atoms with Crippen molar-refractivity contribution in [2.24, 2.45) is 10.7 Å². The van der Waals surface area contributed by atoms with Crippen molar-refractivity contribution in [2.45, 2.75) is 11.3 Å². The highest BCUT2D eigenvalue weighted by Gasteiger charge is 2.49. The average molecular weight is 470 g/mol. The normalized spacial score (nSPS) is 18.6. The van der Waals surface area contributed by atoms with Crippen LogP contribution in [-0.4, -0.2) is 43.1 Å². The van der Waals surface area contributed by atoms with E-state index in [0.717, 1.165) is 17.4 Å². The first-order valence-corrected chi connectivity index (χ1v) is 12.0. The highest BCUT2D eigenvalue weighted by atomic mass is 32.2. The van der Waals surface area contributed by atoms with Gasteiger partial charge in [-0.3, -0.25) is 19.0 Å². The molecule has 4 rings (SSSR count). The number of aldehydes is 1. The van der Waals surface area contributed by atoms with Crippen LogP contribution in [0.4, 0.5) is 0 Å². The number of thiophene rings is 1. The molecule has 8 nitrogen and oxygen atoms in total. The molecule has 2 heterocycles. The molecular weight excluding hydrogens is 450 g/mol. The molecule has 3 aromatic rings. The molecule has 0 fully saturated rings. The van der Waals surface area contributed by atoms with Crippen molar-refractivity contribution in [1.82, 2.24) is 4.90 Å². The molecule has 10 heteroatoms. The van der Waals surface area contributed by atoms with E-state index in [1.165, 1.54) is 35.4 Å². The lowest BCUT2D eigenvalue weighted by atomic mass is 9.81. The lowest BCUT2D eigenvalue weighted by Gasteiger charge is -2.26. The predicted molar refractivity (Wildman–Crippen MR) is 122 cm³/mol. The van der Waals surface area contributed by atoms with Gasteiger partial charge in [0.05, 0.1) is 4.88 Å². The highest BCUT2D eigenvalue weighted by Crippen LogP contribution is 2.41. The Morgan fingerprint density at radius 3 is 2.47 bits per heavy atom. The molecule has 1 unspecified atom stereocenters. The number of nitrogens with zero attached hydrogens (tertiary/aromatic N) is 2. The molecule has 0 saturated carbocycles. The summed E-state index contributed by atoms with van der Waals surface area (Å²) in [5.74, 6) is -0.857. The number of aliphatic imine (C=N–C) groups is 1. The summed E-state index contributed by atoms with van der Waals surface area (Å²) in [7, 11) is -2.66. The van der Waals surface area contributed by atoms with Crippen LogP contribution in [0, 0.1) is 0 Å². The Bertz CT molecular complexity index is 1350. The SMILES string of the molecule is CN1C(=O)C(c2ccc(CS(=O)(=O)O)cc2)(c2cccc(-c3ccsc3C=O)c2)N=C1N. The quantitative estimate of drug-likeness (QED) is 0.422. The topological polar surface area (TPSA) is 130 Å². The molecule has 0 radical (unpaired) electrons. The first kappa shape index (κ1) is 21.9. The van der Waals surface area contributed by atoms with Crippen LogP contribution in [0.5, 0.6) is 0 Å². The van der Waals surface area contributed by atoms with E-state index in [-0.39, 0.29) is 11.9 Å². The number of rotatable bonds is 6. The highest BCUT2D eigenvalue weighted by molar-refractivity contribution is 7.85. The summed E-state index contributed by atoms with van der Waals surface area (Å²) in [4.78, 5) is 31.2. The fraction of sp³-hybridized carbons (Fsp3) is 0.136. The number of hydrogen-bond acceptors (Lipinski definition) is 7. The molecule has 0 saturated heterocycles. The smallest absolute Gasteiger partial charge is 0.269 e. The van der Waals surface area contributed by atoms with Gasteiger partial charge in [-0.15, -0.1) is 11.3 Å². The minimum Gasteiger partial charge on any atom is -0.369 e. The average Bonchev–Trinajstić information content (AvgIpc) is 3.33. The third kappa shape index (κ3) is 3.72. The third-order valence-electron chi connectivity index (χ3n) is 5.35. The monoisotopic (exact) mass is 469 g/mol. The molecule has 1 atom stereocenters. The minimum atomic E-state index is -4.19. The largest absolute Gasteiger partial charge is 0.369 e. The number of carbonyl (C=O) groups is 2. The van der Waals surface area contributed by atoms with Gasteiger partial charge >= 0.3 is 0 Å². The lowest BCUT2D eigenvalue weighted by molar-refractivity contribution is -0.129. The standard InChI is InChI=1S/C22H19N3O5S2/c1-25-20(27)22(24-21(25)23,16-7-5-14(6-8-16)13-32(28,29)30)17-4-2-3-15(11-17)18-9-10-31-19(18)12-26/h2-12H,13H2,1H3,(H2,23,24)(H,28,29,30). The summed E-state index contributed by atoms with van der Waals surface area (Å²) in [6.07, 6.45) is 0.793. The van der Waals surface area contributed by atoms with Gasteiger partial charge in [-0.2, -0.15) is 8.42 Å². The Labute approximate surface area is 188 Å². The van der Waals surface area contributed by atoms with E-state index in [1.54, 1.807) is 30.3 Å². The van der Waals surface area contributed by atoms with E-state index in [1.807, 2.05) is 17.5 Å². The zero-order valence-electron chi connectivity index (χ0n) is 16.9. The molecule has 1 aliphatic rings. The summed E-state index contributed by atoms with van der Waals surface area (Å²) < 4.78 is 31.5. The molecular formula is C22H19N3O5S2. The van der Waals surface area contributed by atoms with Gasteiger partial charge in [0.1, 0.15) is 5.75 Å². The van der Waals surface area contributed by atoms with Crippen molar-refractivity contribution < 1.29 is 22.6 Å². The maximum absolute atomic E-state index is 13.4. The van der Waals surface area contributed by atoms with Gasteiger partial charge in [0, 0.05) is 12.6 Å². The van der Waals surface area contributed by atoms with Crippen molar-refractivity contribution in [2.75, 3.05) is 7.05 Å². The Hall–Kier alpha value is -3.34. The molecule has 0 aliphatic carbocycles. The summed E-state index contributed by atoms with van der Waals surface area (Å²) in [6.45, 7) is 0. The maximum Gasteiger partial charge on any atom is 0.269 e. The Balaban J connectivity index is 1.88. The number of hydrogen-bond donors (Lipinski definition) is 2. The second-order valence-corrected chi connectivity index (χ2v) is 9.77.